The molecule has 0 saturated carbocycles. The Morgan fingerprint density at radius 2 is 2.03 bits per heavy atom. The first-order chi connectivity index (χ1) is 14.7. The highest BCUT2D eigenvalue weighted by molar-refractivity contribution is 5.87. The third kappa shape index (κ3) is 5.90. The number of esters is 1. The summed E-state index contributed by atoms with van der Waals surface area (Å²) in [6.07, 6.45) is 2.81. The molecule has 9 heteroatoms. The molecule has 1 amide bonds. The molecule has 1 unspecified atom stereocenters. The van der Waals surface area contributed by atoms with Crippen LogP contribution in [0.4, 0.5) is 4.79 Å². The average Bonchev–Trinajstić information content (AvgIpc) is 3.11. The van der Waals surface area contributed by atoms with Crippen molar-refractivity contribution < 1.29 is 28.7 Å². The lowest BCUT2D eigenvalue weighted by molar-refractivity contribution is -0.687. The molecule has 1 aromatic heterocycles. The van der Waals surface area contributed by atoms with Crippen molar-refractivity contribution in [2.45, 2.75) is 51.8 Å². The standard InChI is InChI=1S/C22H31N4O5/c1-22(2,3)31-20(28)23-10-11-25-18(19(27)30-4)12-17-14-24(15-26(17)21(25)29)13-16-8-6-5-7-9-16/h5-9,14-15,18,20,23,28H,10-13H2,1-4H3/q+1/t18-,20?/m0/s1. The Kier molecular flexibility index (Phi) is 7.09. The number of aromatic nitrogens is 2. The molecule has 2 heterocycles. The van der Waals surface area contributed by atoms with Gasteiger partial charge in [-0.1, -0.05) is 30.3 Å². The summed E-state index contributed by atoms with van der Waals surface area (Å²) in [5.74, 6) is -0.470. The number of nitrogens with zero attached hydrogens (tertiary/aromatic N) is 3. The number of nitrogens with one attached hydrogen (secondary N) is 1. The Labute approximate surface area is 182 Å². The van der Waals surface area contributed by atoms with Crippen molar-refractivity contribution in [3.63, 3.8) is 0 Å². The molecule has 1 aliphatic heterocycles. The maximum atomic E-state index is 13.2. The Morgan fingerprint density at radius 3 is 2.68 bits per heavy atom. The van der Waals surface area contributed by atoms with Gasteiger partial charge in [0.2, 0.25) is 6.41 Å². The predicted octanol–water partition coefficient (Wildman–Crippen LogP) is 0.872. The van der Waals surface area contributed by atoms with Gasteiger partial charge in [-0.15, -0.1) is 4.57 Å². The molecule has 0 radical (unpaired) electrons. The van der Waals surface area contributed by atoms with Gasteiger partial charge in [0.15, 0.2) is 5.69 Å². The van der Waals surface area contributed by atoms with Crippen LogP contribution in [0.5, 0.6) is 0 Å². The quantitative estimate of drug-likeness (QED) is 0.366. The Hall–Kier alpha value is -2.75. The van der Waals surface area contributed by atoms with Gasteiger partial charge in [-0.3, -0.25) is 10.2 Å². The van der Waals surface area contributed by atoms with Crippen molar-refractivity contribution in [1.82, 2.24) is 14.8 Å². The third-order valence-corrected chi connectivity index (χ3v) is 4.94. The first kappa shape index (κ1) is 22.9. The predicted molar refractivity (Wildman–Crippen MR) is 112 cm³/mol. The molecule has 9 nitrogen and oxygen atoms in total. The summed E-state index contributed by atoms with van der Waals surface area (Å²) in [7, 11) is 1.31. The number of imidazole rings is 1. The van der Waals surface area contributed by atoms with Crippen molar-refractivity contribution in [3.8, 4) is 0 Å². The van der Waals surface area contributed by atoms with E-state index in [0.29, 0.717) is 13.0 Å². The van der Waals surface area contributed by atoms with Gasteiger partial charge in [-0.25, -0.2) is 14.2 Å². The van der Waals surface area contributed by atoms with Gasteiger partial charge in [0, 0.05) is 19.5 Å². The van der Waals surface area contributed by atoms with Crippen LogP contribution in [-0.2, 0) is 27.2 Å². The first-order valence-corrected chi connectivity index (χ1v) is 10.3. The molecule has 2 aromatic rings. The molecular weight excluding hydrogens is 400 g/mol. The van der Waals surface area contributed by atoms with E-state index in [9.17, 15) is 14.7 Å². The molecular formula is C22H31N4O5+. The fourth-order valence-corrected chi connectivity index (χ4v) is 3.58. The number of rotatable bonds is 8. The monoisotopic (exact) mass is 431 g/mol. The van der Waals surface area contributed by atoms with Crippen LogP contribution in [0.1, 0.15) is 32.0 Å². The van der Waals surface area contributed by atoms with Gasteiger partial charge in [-0.2, -0.15) is 0 Å². The molecule has 0 spiro atoms. The SMILES string of the molecule is COC(=O)[C@@H]1Cc2c[n+](Cc3ccccc3)cn2C(=O)N1CCNC(O)OC(C)(C)C. The summed E-state index contributed by atoms with van der Waals surface area (Å²) in [5.41, 5.74) is 1.34. The van der Waals surface area contributed by atoms with E-state index in [0.717, 1.165) is 11.3 Å². The van der Waals surface area contributed by atoms with Crippen molar-refractivity contribution in [2.75, 3.05) is 20.2 Å². The molecule has 0 fully saturated rings. The number of amides is 1. The van der Waals surface area contributed by atoms with E-state index in [4.69, 9.17) is 9.47 Å². The van der Waals surface area contributed by atoms with E-state index in [1.807, 2.05) is 61.9 Å². The number of carbonyl (C=O) groups excluding carboxylic acids is 2. The maximum Gasteiger partial charge on any atom is 0.416 e. The third-order valence-electron chi connectivity index (χ3n) is 4.94. The van der Waals surface area contributed by atoms with E-state index in [1.165, 1.54) is 12.0 Å². The first-order valence-electron chi connectivity index (χ1n) is 10.3. The lowest BCUT2D eigenvalue weighted by Gasteiger charge is -2.31. The molecule has 3 rings (SSSR count). The fourth-order valence-electron chi connectivity index (χ4n) is 3.58. The zero-order valence-corrected chi connectivity index (χ0v) is 18.4. The molecule has 1 aliphatic rings. The summed E-state index contributed by atoms with van der Waals surface area (Å²) < 4.78 is 13.8. The Morgan fingerprint density at radius 1 is 1.32 bits per heavy atom. The minimum absolute atomic E-state index is 0.208. The van der Waals surface area contributed by atoms with Gasteiger partial charge in [0.1, 0.15) is 18.8 Å². The molecule has 1 aromatic carbocycles. The highest BCUT2D eigenvalue weighted by atomic mass is 16.6. The van der Waals surface area contributed by atoms with E-state index < -0.39 is 24.0 Å². The van der Waals surface area contributed by atoms with Crippen molar-refractivity contribution in [3.05, 3.63) is 54.1 Å². The minimum atomic E-state index is -1.17. The van der Waals surface area contributed by atoms with Crippen LogP contribution in [0.25, 0.3) is 0 Å². The molecule has 0 saturated heterocycles. The molecule has 168 valence electrons. The number of fused-ring (bicyclic) bond motifs is 1. The van der Waals surface area contributed by atoms with Gasteiger partial charge < -0.3 is 14.6 Å². The largest absolute Gasteiger partial charge is 0.467 e. The van der Waals surface area contributed by atoms with E-state index in [-0.39, 0.29) is 19.1 Å². The average molecular weight is 432 g/mol. The molecule has 0 bridgehead atoms. The number of hydrogen-bond donors (Lipinski definition) is 2. The lowest BCUT2D eigenvalue weighted by atomic mass is 10.1. The second-order valence-corrected chi connectivity index (χ2v) is 8.52. The van der Waals surface area contributed by atoms with Crippen LogP contribution >= 0.6 is 0 Å². The normalized spacial score (nSPS) is 17.4. The lowest BCUT2D eigenvalue weighted by Crippen LogP contribution is -2.54. The zero-order chi connectivity index (χ0) is 22.6. The van der Waals surface area contributed by atoms with E-state index in [2.05, 4.69) is 5.32 Å². The van der Waals surface area contributed by atoms with Crippen LogP contribution in [0, 0.1) is 0 Å². The zero-order valence-electron chi connectivity index (χ0n) is 18.4. The number of aliphatic hydroxyl groups is 1. The van der Waals surface area contributed by atoms with E-state index >= 15 is 0 Å². The van der Waals surface area contributed by atoms with Gasteiger partial charge in [0.05, 0.1) is 12.7 Å². The van der Waals surface area contributed by atoms with Crippen LogP contribution in [0.2, 0.25) is 0 Å². The van der Waals surface area contributed by atoms with Crippen LogP contribution in [0.15, 0.2) is 42.9 Å². The number of carbonyl (C=O) groups is 2. The number of benzene rings is 1. The fraction of sp³-hybridized carbons (Fsp3) is 0.500. The summed E-state index contributed by atoms with van der Waals surface area (Å²) in [4.78, 5) is 27.0. The Balaban J connectivity index is 1.72. The number of ether oxygens (including phenoxy) is 2. The molecule has 31 heavy (non-hydrogen) atoms. The van der Waals surface area contributed by atoms with Gasteiger partial charge >= 0.3 is 12.0 Å². The minimum Gasteiger partial charge on any atom is -0.467 e. The maximum absolute atomic E-state index is 13.2. The summed E-state index contributed by atoms with van der Waals surface area (Å²) in [6.45, 7) is 6.57. The molecule has 2 atom stereocenters. The second-order valence-electron chi connectivity index (χ2n) is 8.52. The molecule has 2 N–H and O–H groups in total. The van der Waals surface area contributed by atoms with Crippen molar-refractivity contribution >= 4 is 12.0 Å². The topological polar surface area (TPSA) is 96.9 Å². The Bertz CT molecular complexity index is 906. The van der Waals surface area contributed by atoms with Crippen LogP contribution in [0.3, 0.4) is 0 Å². The highest BCUT2D eigenvalue weighted by Crippen LogP contribution is 2.18. The van der Waals surface area contributed by atoms with Gasteiger partial charge in [-0.05, 0) is 26.3 Å². The highest BCUT2D eigenvalue weighted by Gasteiger charge is 2.41. The second kappa shape index (κ2) is 9.59. The number of aliphatic hydroxyl groups excluding tert-OH is 1. The van der Waals surface area contributed by atoms with Crippen LogP contribution < -0.4 is 9.88 Å². The number of hydrogen-bond acceptors (Lipinski definition) is 6. The molecule has 0 aliphatic carbocycles. The van der Waals surface area contributed by atoms with E-state index in [1.54, 1.807) is 10.9 Å². The summed E-state index contributed by atoms with van der Waals surface area (Å²) >= 11 is 0. The summed E-state index contributed by atoms with van der Waals surface area (Å²) in [6, 6.07) is 8.90. The summed E-state index contributed by atoms with van der Waals surface area (Å²) in [5, 5.41) is 12.8. The van der Waals surface area contributed by atoms with Crippen molar-refractivity contribution in [1.29, 1.82) is 0 Å². The van der Waals surface area contributed by atoms with Gasteiger partial charge in [0.25, 0.3) is 6.33 Å². The van der Waals surface area contributed by atoms with Crippen LogP contribution in [-0.4, -0.2) is 64.8 Å². The number of methoxy groups -OCH3 is 1. The smallest absolute Gasteiger partial charge is 0.416 e. The van der Waals surface area contributed by atoms with Crippen molar-refractivity contribution in [2.24, 2.45) is 0 Å².